The summed E-state index contributed by atoms with van der Waals surface area (Å²) in [5.41, 5.74) is 0.922. The Morgan fingerprint density at radius 2 is 1.87 bits per heavy atom. The molecule has 1 unspecified atom stereocenters. The minimum atomic E-state index is -2.65. The molecule has 0 radical (unpaired) electrons. The summed E-state index contributed by atoms with van der Waals surface area (Å²) >= 11 is 0. The zero-order valence-electron chi connectivity index (χ0n) is 14.4. The number of nitrogens with one attached hydrogen (secondary N) is 1. The van der Waals surface area contributed by atoms with Gasteiger partial charge in [0.2, 0.25) is 0 Å². The highest BCUT2D eigenvalue weighted by molar-refractivity contribution is 7.62. The molecule has 0 spiro atoms. The Bertz CT molecular complexity index is 527. The lowest BCUT2D eigenvalue weighted by molar-refractivity contribution is -0.144. The van der Waals surface area contributed by atoms with Gasteiger partial charge in [-0.3, -0.25) is 4.79 Å². The predicted molar refractivity (Wildman–Crippen MR) is 92.9 cm³/mol. The normalized spacial score (nSPS) is 14.5. The van der Waals surface area contributed by atoms with E-state index in [1.807, 2.05) is 44.2 Å². The standard InChI is InChI=1S/C17H28NO4P/c1-13(2)10-15(17(20)23(3,4)21)18-11-16(19)22-12-14-8-6-5-7-9-14/h5-9,13,15,17-18,20H,10-12H2,1-4H3/t15-,17?/m0/s1. The molecule has 130 valence electrons. The van der Waals surface area contributed by atoms with E-state index in [0.717, 1.165) is 5.56 Å². The van der Waals surface area contributed by atoms with Crippen LogP contribution < -0.4 is 5.32 Å². The van der Waals surface area contributed by atoms with Gasteiger partial charge in [0.1, 0.15) is 19.6 Å². The fourth-order valence-electron chi connectivity index (χ4n) is 2.26. The summed E-state index contributed by atoms with van der Waals surface area (Å²) in [6, 6.07) is 9.05. The quantitative estimate of drug-likeness (QED) is 0.533. The van der Waals surface area contributed by atoms with Gasteiger partial charge in [0.25, 0.3) is 0 Å². The van der Waals surface area contributed by atoms with Crippen molar-refractivity contribution in [1.82, 2.24) is 5.32 Å². The molecule has 0 aliphatic rings. The second-order valence-corrected chi connectivity index (χ2v) is 10.0. The van der Waals surface area contributed by atoms with E-state index in [1.54, 1.807) is 13.3 Å². The first-order valence-electron chi connectivity index (χ1n) is 7.85. The summed E-state index contributed by atoms with van der Waals surface area (Å²) in [6.45, 7) is 7.36. The van der Waals surface area contributed by atoms with Gasteiger partial charge in [-0.25, -0.2) is 0 Å². The minimum Gasteiger partial charge on any atom is -0.460 e. The number of aliphatic hydroxyl groups excluding tert-OH is 1. The van der Waals surface area contributed by atoms with Crippen LogP contribution in [0.5, 0.6) is 0 Å². The van der Waals surface area contributed by atoms with Crippen molar-refractivity contribution < 1.29 is 19.2 Å². The van der Waals surface area contributed by atoms with Gasteiger partial charge in [-0.2, -0.15) is 0 Å². The number of aliphatic hydroxyl groups is 1. The van der Waals surface area contributed by atoms with Gasteiger partial charge in [-0.15, -0.1) is 0 Å². The van der Waals surface area contributed by atoms with Gasteiger partial charge in [-0.1, -0.05) is 44.2 Å². The van der Waals surface area contributed by atoms with Crippen molar-refractivity contribution in [3.8, 4) is 0 Å². The number of hydrogen-bond acceptors (Lipinski definition) is 5. The number of carbonyl (C=O) groups excluding carboxylic acids is 1. The van der Waals surface area contributed by atoms with Crippen molar-refractivity contribution in [2.24, 2.45) is 5.92 Å². The minimum absolute atomic E-state index is 0.0126. The first kappa shape index (κ1) is 19.9. The van der Waals surface area contributed by atoms with Crippen LogP contribution in [0.4, 0.5) is 0 Å². The molecule has 1 aromatic carbocycles. The third-order valence-corrected chi connectivity index (χ3v) is 5.11. The predicted octanol–water partition coefficient (Wildman–Crippen LogP) is 2.68. The number of rotatable bonds is 9. The Morgan fingerprint density at radius 1 is 1.26 bits per heavy atom. The average Bonchev–Trinajstić information content (AvgIpc) is 2.48. The SMILES string of the molecule is CC(C)C[C@H](NCC(=O)OCc1ccccc1)C(O)P(C)(C)=O. The molecule has 0 bridgehead atoms. The van der Waals surface area contributed by atoms with Crippen molar-refractivity contribution in [2.75, 3.05) is 19.9 Å². The molecular weight excluding hydrogens is 313 g/mol. The van der Waals surface area contributed by atoms with Gasteiger partial charge in [0, 0.05) is 6.04 Å². The van der Waals surface area contributed by atoms with Crippen LogP contribution in [0.3, 0.4) is 0 Å². The second kappa shape index (κ2) is 9.21. The fraction of sp³-hybridized carbons (Fsp3) is 0.588. The summed E-state index contributed by atoms with van der Waals surface area (Å²) in [4.78, 5) is 11.8. The molecule has 0 heterocycles. The maximum absolute atomic E-state index is 12.1. The summed E-state index contributed by atoms with van der Waals surface area (Å²) in [5.74, 6) is -1.04. The lowest BCUT2D eigenvalue weighted by Gasteiger charge is -2.28. The lowest BCUT2D eigenvalue weighted by Crippen LogP contribution is -2.43. The highest BCUT2D eigenvalue weighted by Gasteiger charge is 2.30. The summed E-state index contributed by atoms with van der Waals surface area (Å²) in [5, 5.41) is 13.2. The van der Waals surface area contributed by atoms with Crippen molar-refractivity contribution >= 4 is 13.1 Å². The maximum atomic E-state index is 12.1. The van der Waals surface area contributed by atoms with E-state index in [4.69, 9.17) is 4.74 Å². The van der Waals surface area contributed by atoms with Crippen LogP contribution in [0, 0.1) is 5.92 Å². The fourth-order valence-corrected chi connectivity index (χ4v) is 3.35. The third kappa shape index (κ3) is 7.78. The molecule has 23 heavy (non-hydrogen) atoms. The molecule has 0 fully saturated rings. The van der Waals surface area contributed by atoms with E-state index < -0.39 is 19.0 Å². The van der Waals surface area contributed by atoms with Gasteiger partial charge < -0.3 is 19.7 Å². The number of esters is 1. The second-order valence-electron chi connectivity index (χ2n) is 6.61. The van der Waals surface area contributed by atoms with Crippen LogP contribution in [0.25, 0.3) is 0 Å². The molecule has 6 heteroatoms. The molecule has 0 saturated carbocycles. The Hall–Kier alpha value is -1.16. The molecule has 0 amide bonds. The molecule has 0 saturated heterocycles. The first-order chi connectivity index (χ1) is 10.7. The maximum Gasteiger partial charge on any atom is 0.320 e. The highest BCUT2D eigenvalue weighted by atomic mass is 31.2. The molecular formula is C17H28NO4P. The Kier molecular flexibility index (Phi) is 7.97. The van der Waals surface area contributed by atoms with E-state index in [9.17, 15) is 14.5 Å². The highest BCUT2D eigenvalue weighted by Crippen LogP contribution is 2.43. The van der Waals surface area contributed by atoms with Gasteiger partial charge in [0.05, 0.1) is 6.54 Å². The number of carbonyl (C=O) groups is 1. The number of ether oxygens (including phenoxy) is 1. The van der Waals surface area contributed by atoms with E-state index in [1.165, 1.54) is 0 Å². The molecule has 5 nitrogen and oxygen atoms in total. The van der Waals surface area contributed by atoms with E-state index in [2.05, 4.69) is 5.32 Å². The monoisotopic (exact) mass is 341 g/mol. The van der Waals surface area contributed by atoms with Crippen molar-refractivity contribution in [1.29, 1.82) is 0 Å². The van der Waals surface area contributed by atoms with Crippen LogP contribution in [0.15, 0.2) is 30.3 Å². The summed E-state index contributed by atoms with van der Waals surface area (Å²) in [7, 11) is -2.65. The van der Waals surface area contributed by atoms with Crippen LogP contribution >= 0.6 is 7.14 Å². The Balaban J connectivity index is 2.50. The van der Waals surface area contributed by atoms with Crippen LogP contribution in [-0.2, 0) is 20.7 Å². The molecule has 0 aliphatic carbocycles. The molecule has 1 aromatic rings. The van der Waals surface area contributed by atoms with Crippen LogP contribution in [0.1, 0.15) is 25.8 Å². The van der Waals surface area contributed by atoms with E-state index in [0.29, 0.717) is 12.3 Å². The van der Waals surface area contributed by atoms with Gasteiger partial charge in [0.15, 0.2) is 0 Å². The van der Waals surface area contributed by atoms with E-state index >= 15 is 0 Å². The zero-order valence-corrected chi connectivity index (χ0v) is 15.3. The van der Waals surface area contributed by atoms with Gasteiger partial charge >= 0.3 is 5.97 Å². The lowest BCUT2D eigenvalue weighted by atomic mass is 10.0. The Morgan fingerprint density at radius 3 is 2.39 bits per heavy atom. The molecule has 1 rings (SSSR count). The number of hydrogen-bond donors (Lipinski definition) is 2. The van der Waals surface area contributed by atoms with Crippen LogP contribution in [-0.4, -0.2) is 42.8 Å². The van der Waals surface area contributed by atoms with Crippen molar-refractivity contribution in [2.45, 2.75) is 38.8 Å². The van der Waals surface area contributed by atoms with Crippen molar-refractivity contribution in [3.05, 3.63) is 35.9 Å². The van der Waals surface area contributed by atoms with E-state index in [-0.39, 0.29) is 19.2 Å². The molecule has 0 aromatic heterocycles. The zero-order chi connectivity index (χ0) is 17.5. The molecule has 2 N–H and O–H groups in total. The third-order valence-electron chi connectivity index (χ3n) is 3.47. The van der Waals surface area contributed by atoms with Crippen LogP contribution in [0.2, 0.25) is 0 Å². The topological polar surface area (TPSA) is 75.6 Å². The van der Waals surface area contributed by atoms with Crippen molar-refractivity contribution in [3.63, 3.8) is 0 Å². The Labute approximate surface area is 138 Å². The first-order valence-corrected chi connectivity index (χ1v) is 10.5. The number of benzene rings is 1. The largest absolute Gasteiger partial charge is 0.460 e. The molecule has 2 atom stereocenters. The summed E-state index contributed by atoms with van der Waals surface area (Å²) in [6.07, 6.45) is 0.638. The summed E-state index contributed by atoms with van der Waals surface area (Å²) < 4.78 is 17.3. The van der Waals surface area contributed by atoms with Gasteiger partial charge in [-0.05, 0) is 31.2 Å². The average molecular weight is 341 g/mol. The molecule has 0 aliphatic heterocycles. The smallest absolute Gasteiger partial charge is 0.320 e.